The Morgan fingerprint density at radius 3 is 2.47 bits per heavy atom. The standard InChI is InChI=1S/C12H11NOS/c1-14-10-6-4-9(5-7-10)11-3-2-8-13-12(11)15/h2-8H,1H3,(H,13,15). The lowest BCUT2D eigenvalue weighted by Gasteiger charge is -2.03. The summed E-state index contributed by atoms with van der Waals surface area (Å²) in [7, 11) is 1.66. The summed E-state index contributed by atoms with van der Waals surface area (Å²) in [6, 6.07) is 11.8. The van der Waals surface area contributed by atoms with Crippen LogP contribution in [-0.4, -0.2) is 12.1 Å². The van der Waals surface area contributed by atoms with E-state index in [9.17, 15) is 0 Å². The van der Waals surface area contributed by atoms with Crippen LogP contribution in [-0.2, 0) is 0 Å². The van der Waals surface area contributed by atoms with Gasteiger partial charge in [0.1, 0.15) is 10.4 Å². The van der Waals surface area contributed by atoms with Gasteiger partial charge in [-0.3, -0.25) is 0 Å². The average molecular weight is 217 g/mol. The summed E-state index contributed by atoms with van der Waals surface area (Å²) in [5.74, 6) is 0.851. The number of nitrogens with one attached hydrogen (secondary N) is 1. The number of ether oxygens (including phenoxy) is 1. The monoisotopic (exact) mass is 217 g/mol. The molecule has 0 aliphatic heterocycles. The molecule has 2 nitrogen and oxygen atoms in total. The zero-order valence-electron chi connectivity index (χ0n) is 8.36. The quantitative estimate of drug-likeness (QED) is 0.780. The molecule has 1 aromatic heterocycles. The third-order valence-corrected chi connectivity index (χ3v) is 2.56. The lowest BCUT2D eigenvalue weighted by Crippen LogP contribution is -1.84. The summed E-state index contributed by atoms with van der Waals surface area (Å²) in [6.07, 6.45) is 1.83. The lowest BCUT2D eigenvalue weighted by atomic mass is 10.1. The minimum atomic E-state index is 0.752. The van der Waals surface area contributed by atoms with Crippen LogP contribution in [0.4, 0.5) is 0 Å². The van der Waals surface area contributed by atoms with E-state index in [2.05, 4.69) is 4.98 Å². The minimum Gasteiger partial charge on any atom is -0.497 e. The fraction of sp³-hybridized carbons (Fsp3) is 0.0833. The highest BCUT2D eigenvalue weighted by atomic mass is 32.1. The van der Waals surface area contributed by atoms with Crippen LogP contribution in [0.25, 0.3) is 11.1 Å². The topological polar surface area (TPSA) is 25.0 Å². The van der Waals surface area contributed by atoms with Crippen LogP contribution in [0, 0.1) is 4.64 Å². The van der Waals surface area contributed by atoms with Crippen LogP contribution in [0.1, 0.15) is 0 Å². The molecule has 1 heterocycles. The van der Waals surface area contributed by atoms with E-state index in [1.807, 2.05) is 42.6 Å². The van der Waals surface area contributed by atoms with Gasteiger partial charge in [-0.15, -0.1) is 0 Å². The number of methoxy groups -OCH3 is 1. The number of benzene rings is 1. The average Bonchev–Trinajstić information content (AvgIpc) is 2.30. The molecule has 1 aromatic carbocycles. The number of aromatic nitrogens is 1. The van der Waals surface area contributed by atoms with E-state index < -0.39 is 0 Å². The Kier molecular flexibility index (Phi) is 2.83. The summed E-state index contributed by atoms with van der Waals surface area (Å²) in [5.41, 5.74) is 2.13. The van der Waals surface area contributed by atoms with Crippen LogP contribution in [0.2, 0.25) is 0 Å². The molecule has 0 amide bonds. The Balaban J connectivity index is 2.46. The Hall–Kier alpha value is -1.61. The molecular weight excluding hydrogens is 206 g/mol. The third kappa shape index (κ3) is 2.07. The van der Waals surface area contributed by atoms with E-state index in [1.54, 1.807) is 7.11 Å². The second kappa shape index (κ2) is 4.28. The van der Waals surface area contributed by atoms with Crippen molar-refractivity contribution in [2.75, 3.05) is 7.11 Å². The molecule has 15 heavy (non-hydrogen) atoms. The van der Waals surface area contributed by atoms with Gasteiger partial charge in [-0.2, -0.15) is 0 Å². The molecule has 2 aromatic rings. The van der Waals surface area contributed by atoms with E-state index in [0.717, 1.165) is 21.5 Å². The van der Waals surface area contributed by atoms with Gasteiger partial charge in [-0.1, -0.05) is 24.4 Å². The van der Waals surface area contributed by atoms with Crippen molar-refractivity contribution in [3.8, 4) is 16.9 Å². The molecule has 1 N–H and O–H groups in total. The van der Waals surface area contributed by atoms with Gasteiger partial charge in [-0.25, -0.2) is 0 Å². The summed E-state index contributed by atoms with van der Waals surface area (Å²) >= 11 is 5.21. The predicted octanol–water partition coefficient (Wildman–Crippen LogP) is 3.42. The number of pyridine rings is 1. The normalized spacial score (nSPS) is 9.93. The Labute approximate surface area is 93.5 Å². The van der Waals surface area contributed by atoms with Crippen molar-refractivity contribution in [1.82, 2.24) is 4.98 Å². The van der Waals surface area contributed by atoms with Gasteiger partial charge in [0.05, 0.1) is 7.11 Å². The van der Waals surface area contributed by atoms with E-state index in [-0.39, 0.29) is 0 Å². The first-order valence-corrected chi connectivity index (χ1v) is 5.04. The van der Waals surface area contributed by atoms with E-state index in [0.29, 0.717) is 0 Å². The van der Waals surface area contributed by atoms with Crippen molar-refractivity contribution >= 4 is 12.2 Å². The van der Waals surface area contributed by atoms with E-state index in [1.165, 1.54) is 0 Å². The molecule has 0 saturated carbocycles. The molecule has 76 valence electrons. The first-order valence-electron chi connectivity index (χ1n) is 4.63. The molecule has 0 saturated heterocycles. The first-order chi connectivity index (χ1) is 7.31. The van der Waals surface area contributed by atoms with Gasteiger partial charge >= 0.3 is 0 Å². The van der Waals surface area contributed by atoms with Crippen molar-refractivity contribution in [1.29, 1.82) is 0 Å². The Morgan fingerprint density at radius 1 is 1.13 bits per heavy atom. The van der Waals surface area contributed by atoms with Gasteiger partial charge in [0, 0.05) is 11.8 Å². The summed E-state index contributed by atoms with van der Waals surface area (Å²) in [6.45, 7) is 0. The summed E-state index contributed by atoms with van der Waals surface area (Å²) < 4.78 is 5.85. The maximum absolute atomic E-state index is 5.21. The molecule has 3 heteroatoms. The van der Waals surface area contributed by atoms with Gasteiger partial charge in [0.15, 0.2) is 0 Å². The van der Waals surface area contributed by atoms with Crippen LogP contribution in [0.5, 0.6) is 5.75 Å². The zero-order valence-corrected chi connectivity index (χ0v) is 9.17. The molecule has 0 bridgehead atoms. The Bertz CT molecular complexity index is 502. The van der Waals surface area contributed by atoms with Crippen LogP contribution < -0.4 is 4.74 Å². The predicted molar refractivity (Wildman–Crippen MR) is 63.6 cm³/mol. The molecule has 0 aliphatic carbocycles. The first kappa shape index (κ1) is 9.93. The summed E-state index contributed by atoms with van der Waals surface area (Å²) in [4.78, 5) is 3.01. The maximum Gasteiger partial charge on any atom is 0.118 e. The number of rotatable bonds is 2. The molecule has 0 aliphatic rings. The summed E-state index contributed by atoms with van der Waals surface area (Å²) in [5, 5.41) is 0. The number of H-pyrrole nitrogens is 1. The number of aromatic amines is 1. The molecule has 0 fully saturated rings. The zero-order chi connectivity index (χ0) is 10.7. The lowest BCUT2D eigenvalue weighted by molar-refractivity contribution is 0.415. The SMILES string of the molecule is COc1ccc(-c2ccc[nH]c2=S)cc1. The molecule has 0 atom stereocenters. The van der Waals surface area contributed by atoms with Crippen molar-refractivity contribution < 1.29 is 4.74 Å². The largest absolute Gasteiger partial charge is 0.497 e. The molecular formula is C12H11NOS. The van der Waals surface area contributed by atoms with Gasteiger partial charge in [-0.05, 0) is 29.8 Å². The third-order valence-electron chi connectivity index (χ3n) is 2.22. The highest BCUT2D eigenvalue weighted by Gasteiger charge is 1.99. The highest BCUT2D eigenvalue weighted by molar-refractivity contribution is 7.71. The molecule has 0 radical (unpaired) electrons. The molecule has 0 unspecified atom stereocenters. The maximum atomic E-state index is 5.21. The second-order valence-electron chi connectivity index (χ2n) is 3.14. The van der Waals surface area contributed by atoms with Gasteiger partial charge < -0.3 is 9.72 Å². The number of hydrogen-bond donors (Lipinski definition) is 1. The van der Waals surface area contributed by atoms with Crippen molar-refractivity contribution in [2.45, 2.75) is 0 Å². The smallest absolute Gasteiger partial charge is 0.118 e. The van der Waals surface area contributed by atoms with E-state index >= 15 is 0 Å². The van der Waals surface area contributed by atoms with Gasteiger partial charge in [0.2, 0.25) is 0 Å². The van der Waals surface area contributed by atoms with Crippen molar-refractivity contribution in [2.24, 2.45) is 0 Å². The minimum absolute atomic E-state index is 0.752. The van der Waals surface area contributed by atoms with Gasteiger partial charge in [0.25, 0.3) is 0 Å². The second-order valence-corrected chi connectivity index (χ2v) is 3.55. The molecule has 2 rings (SSSR count). The van der Waals surface area contributed by atoms with Crippen molar-refractivity contribution in [3.05, 3.63) is 47.2 Å². The number of hydrogen-bond acceptors (Lipinski definition) is 2. The van der Waals surface area contributed by atoms with Crippen LogP contribution >= 0.6 is 12.2 Å². The van der Waals surface area contributed by atoms with E-state index in [4.69, 9.17) is 17.0 Å². The molecule has 0 spiro atoms. The Morgan fingerprint density at radius 2 is 1.87 bits per heavy atom. The van der Waals surface area contributed by atoms with Crippen molar-refractivity contribution in [3.63, 3.8) is 0 Å². The fourth-order valence-corrected chi connectivity index (χ4v) is 1.67. The van der Waals surface area contributed by atoms with Crippen LogP contribution in [0.3, 0.4) is 0 Å². The fourth-order valence-electron chi connectivity index (χ4n) is 1.42. The highest BCUT2D eigenvalue weighted by Crippen LogP contribution is 2.22. The van der Waals surface area contributed by atoms with Crippen LogP contribution in [0.15, 0.2) is 42.6 Å².